The standard InChI is InChI=1S/C13H17FN2O3/c1-9(15-18)11-8-10(14)4-5-12(11)19-7-6-13(17)16(2)3/h4-5,8,18H,6-7H2,1-3H3. The highest BCUT2D eigenvalue weighted by Crippen LogP contribution is 2.21. The maximum Gasteiger partial charge on any atom is 0.225 e. The van der Waals surface area contributed by atoms with Crippen molar-refractivity contribution in [3.63, 3.8) is 0 Å². The van der Waals surface area contributed by atoms with Crippen LogP contribution in [0.15, 0.2) is 23.4 Å². The van der Waals surface area contributed by atoms with Crippen molar-refractivity contribution in [1.82, 2.24) is 4.90 Å². The lowest BCUT2D eigenvalue weighted by Gasteiger charge is -2.13. The molecule has 0 atom stereocenters. The van der Waals surface area contributed by atoms with Gasteiger partial charge in [-0.3, -0.25) is 4.79 Å². The predicted octanol–water partition coefficient (Wildman–Crippen LogP) is 1.88. The Labute approximate surface area is 111 Å². The van der Waals surface area contributed by atoms with Crippen LogP contribution in [0.1, 0.15) is 18.9 Å². The molecule has 104 valence electrons. The predicted molar refractivity (Wildman–Crippen MR) is 69.2 cm³/mol. The molecule has 1 aromatic rings. The maximum atomic E-state index is 13.1. The Morgan fingerprint density at radius 2 is 2.16 bits per heavy atom. The fourth-order valence-electron chi connectivity index (χ4n) is 1.44. The van der Waals surface area contributed by atoms with Gasteiger partial charge in [-0.15, -0.1) is 0 Å². The minimum absolute atomic E-state index is 0.0591. The molecule has 0 aliphatic heterocycles. The van der Waals surface area contributed by atoms with Crippen molar-refractivity contribution in [3.8, 4) is 5.75 Å². The molecule has 0 aromatic heterocycles. The third-order valence-corrected chi connectivity index (χ3v) is 2.55. The molecule has 0 saturated carbocycles. The van der Waals surface area contributed by atoms with E-state index in [1.807, 2.05) is 0 Å². The number of carbonyl (C=O) groups is 1. The van der Waals surface area contributed by atoms with Crippen LogP contribution in [-0.2, 0) is 4.79 Å². The molecule has 1 aromatic carbocycles. The van der Waals surface area contributed by atoms with Crippen LogP contribution in [0.3, 0.4) is 0 Å². The monoisotopic (exact) mass is 268 g/mol. The Bertz CT molecular complexity index is 487. The first kappa shape index (κ1) is 14.9. The second-order valence-electron chi connectivity index (χ2n) is 4.21. The highest BCUT2D eigenvalue weighted by Gasteiger charge is 2.10. The Kier molecular flexibility index (Phi) is 5.29. The third kappa shape index (κ3) is 4.24. The summed E-state index contributed by atoms with van der Waals surface area (Å²) in [5.41, 5.74) is 0.605. The number of benzene rings is 1. The molecule has 19 heavy (non-hydrogen) atoms. The molecule has 1 amide bonds. The van der Waals surface area contributed by atoms with Crippen molar-refractivity contribution < 1.29 is 19.1 Å². The lowest BCUT2D eigenvalue weighted by atomic mass is 10.1. The second-order valence-corrected chi connectivity index (χ2v) is 4.21. The van der Waals surface area contributed by atoms with Crippen molar-refractivity contribution in [3.05, 3.63) is 29.6 Å². The normalized spacial score (nSPS) is 11.3. The fourth-order valence-corrected chi connectivity index (χ4v) is 1.44. The van der Waals surface area contributed by atoms with Crippen LogP contribution in [0.2, 0.25) is 0 Å². The number of ether oxygens (including phenoxy) is 1. The van der Waals surface area contributed by atoms with Gasteiger partial charge in [0.25, 0.3) is 0 Å². The molecule has 0 aliphatic carbocycles. The van der Waals surface area contributed by atoms with Gasteiger partial charge in [-0.2, -0.15) is 0 Å². The first-order chi connectivity index (χ1) is 8.95. The van der Waals surface area contributed by atoms with Gasteiger partial charge in [-0.1, -0.05) is 5.16 Å². The van der Waals surface area contributed by atoms with Crippen molar-refractivity contribution in [1.29, 1.82) is 0 Å². The molecular weight excluding hydrogens is 251 g/mol. The van der Waals surface area contributed by atoms with E-state index in [1.165, 1.54) is 30.0 Å². The Morgan fingerprint density at radius 3 is 2.74 bits per heavy atom. The summed E-state index contributed by atoms with van der Waals surface area (Å²) in [6.07, 6.45) is 0.221. The largest absolute Gasteiger partial charge is 0.492 e. The Hall–Kier alpha value is -2.11. The van der Waals surface area contributed by atoms with Gasteiger partial charge in [0.15, 0.2) is 0 Å². The minimum atomic E-state index is -0.449. The number of halogens is 1. The molecule has 0 radical (unpaired) electrons. The summed E-state index contributed by atoms with van der Waals surface area (Å²) < 4.78 is 18.6. The molecular formula is C13H17FN2O3. The van der Waals surface area contributed by atoms with Crippen molar-refractivity contribution in [2.45, 2.75) is 13.3 Å². The average Bonchev–Trinajstić information content (AvgIpc) is 2.39. The summed E-state index contributed by atoms with van der Waals surface area (Å²) in [6, 6.07) is 3.91. The highest BCUT2D eigenvalue weighted by atomic mass is 19.1. The smallest absolute Gasteiger partial charge is 0.225 e. The van der Waals surface area contributed by atoms with Crippen LogP contribution >= 0.6 is 0 Å². The SMILES string of the molecule is CC(=NO)c1cc(F)ccc1OCCC(=O)N(C)C. The van der Waals surface area contributed by atoms with Gasteiger partial charge in [-0.05, 0) is 25.1 Å². The topological polar surface area (TPSA) is 62.1 Å². The third-order valence-electron chi connectivity index (χ3n) is 2.55. The second kappa shape index (κ2) is 6.72. The Morgan fingerprint density at radius 1 is 1.47 bits per heavy atom. The average molecular weight is 268 g/mol. The van der Waals surface area contributed by atoms with Crippen molar-refractivity contribution in [2.24, 2.45) is 5.16 Å². The van der Waals surface area contributed by atoms with E-state index < -0.39 is 5.82 Å². The molecule has 0 heterocycles. The fraction of sp³-hybridized carbons (Fsp3) is 0.385. The number of oxime groups is 1. The number of hydrogen-bond donors (Lipinski definition) is 1. The van der Waals surface area contributed by atoms with E-state index in [0.29, 0.717) is 11.3 Å². The van der Waals surface area contributed by atoms with E-state index in [9.17, 15) is 9.18 Å². The summed E-state index contributed by atoms with van der Waals surface area (Å²) in [5, 5.41) is 11.8. The summed E-state index contributed by atoms with van der Waals surface area (Å²) in [4.78, 5) is 12.9. The van der Waals surface area contributed by atoms with Gasteiger partial charge in [0.1, 0.15) is 11.6 Å². The van der Waals surface area contributed by atoms with E-state index in [4.69, 9.17) is 9.94 Å². The zero-order valence-electron chi connectivity index (χ0n) is 11.2. The van der Waals surface area contributed by atoms with E-state index >= 15 is 0 Å². The number of nitrogens with zero attached hydrogens (tertiary/aromatic N) is 2. The highest BCUT2D eigenvalue weighted by molar-refractivity contribution is 6.00. The summed E-state index contributed by atoms with van der Waals surface area (Å²) in [5.74, 6) is -0.130. The van der Waals surface area contributed by atoms with Crippen LogP contribution in [-0.4, -0.2) is 42.4 Å². The number of hydrogen-bond acceptors (Lipinski definition) is 4. The van der Waals surface area contributed by atoms with Crippen LogP contribution in [0, 0.1) is 5.82 Å². The van der Waals surface area contributed by atoms with Gasteiger partial charge in [0, 0.05) is 19.7 Å². The van der Waals surface area contributed by atoms with Gasteiger partial charge in [0.05, 0.1) is 18.7 Å². The van der Waals surface area contributed by atoms with Crippen molar-refractivity contribution in [2.75, 3.05) is 20.7 Å². The van der Waals surface area contributed by atoms with Gasteiger partial charge >= 0.3 is 0 Å². The van der Waals surface area contributed by atoms with Gasteiger partial charge < -0.3 is 14.8 Å². The van der Waals surface area contributed by atoms with E-state index in [1.54, 1.807) is 14.1 Å². The first-order valence-corrected chi connectivity index (χ1v) is 5.77. The molecule has 6 heteroatoms. The maximum absolute atomic E-state index is 13.1. The van der Waals surface area contributed by atoms with Crippen LogP contribution in [0.5, 0.6) is 5.75 Å². The molecule has 1 rings (SSSR count). The lowest BCUT2D eigenvalue weighted by Crippen LogP contribution is -2.23. The molecule has 1 N–H and O–H groups in total. The van der Waals surface area contributed by atoms with Gasteiger partial charge in [-0.25, -0.2) is 4.39 Å². The molecule has 0 unspecified atom stereocenters. The Balaban J connectivity index is 2.76. The molecule has 0 aliphatic rings. The number of rotatable bonds is 5. The van der Waals surface area contributed by atoms with Crippen LogP contribution in [0.25, 0.3) is 0 Å². The molecule has 0 spiro atoms. The first-order valence-electron chi connectivity index (χ1n) is 5.77. The zero-order valence-corrected chi connectivity index (χ0v) is 11.2. The van der Waals surface area contributed by atoms with E-state index in [-0.39, 0.29) is 24.6 Å². The zero-order chi connectivity index (χ0) is 14.4. The molecule has 5 nitrogen and oxygen atoms in total. The van der Waals surface area contributed by atoms with Gasteiger partial charge in [0.2, 0.25) is 5.91 Å². The minimum Gasteiger partial charge on any atom is -0.492 e. The van der Waals surface area contributed by atoms with E-state index in [0.717, 1.165) is 0 Å². The van der Waals surface area contributed by atoms with Crippen molar-refractivity contribution >= 4 is 11.6 Å². The molecule has 0 saturated heterocycles. The lowest BCUT2D eigenvalue weighted by molar-refractivity contribution is -0.129. The summed E-state index contributed by atoms with van der Waals surface area (Å²) >= 11 is 0. The van der Waals surface area contributed by atoms with E-state index in [2.05, 4.69) is 5.16 Å². The quantitative estimate of drug-likeness (QED) is 0.504. The molecule has 0 fully saturated rings. The van der Waals surface area contributed by atoms with Crippen LogP contribution < -0.4 is 4.74 Å². The van der Waals surface area contributed by atoms with Crippen LogP contribution in [0.4, 0.5) is 4.39 Å². The number of amides is 1. The number of carbonyl (C=O) groups excluding carboxylic acids is 1. The molecule has 0 bridgehead atoms. The summed E-state index contributed by atoms with van der Waals surface area (Å²) in [7, 11) is 3.32. The summed E-state index contributed by atoms with van der Waals surface area (Å²) in [6.45, 7) is 1.71.